The molecule has 3 N–H and O–H groups in total. The lowest BCUT2D eigenvalue weighted by Crippen LogP contribution is -2.41. The normalized spacial score (nSPS) is 16.2. The van der Waals surface area contributed by atoms with Gasteiger partial charge in [-0.15, -0.1) is 12.4 Å². The van der Waals surface area contributed by atoms with Gasteiger partial charge in [-0.25, -0.2) is 0 Å². The maximum atomic E-state index is 11.9. The molecule has 1 aromatic rings. The highest BCUT2D eigenvalue weighted by Crippen LogP contribution is 2.32. The maximum absolute atomic E-state index is 11.9. The summed E-state index contributed by atoms with van der Waals surface area (Å²) in [6, 6.07) is 1.96. The van der Waals surface area contributed by atoms with E-state index in [9.17, 15) is 4.79 Å². The molecule has 0 saturated heterocycles. The summed E-state index contributed by atoms with van der Waals surface area (Å²) >= 11 is 0. The highest BCUT2D eigenvalue weighted by molar-refractivity contribution is 5.93. The first-order chi connectivity index (χ1) is 7.61. The van der Waals surface area contributed by atoms with Crippen molar-refractivity contribution in [3.8, 4) is 0 Å². The van der Waals surface area contributed by atoms with Gasteiger partial charge in [0.1, 0.15) is 5.76 Å². The SMILES string of the molecule is Cc1cc(C)c(C(=O)NC(CN)C2CC2)o1.Cl. The number of nitrogens with two attached hydrogens (primary N) is 1. The zero-order valence-corrected chi connectivity index (χ0v) is 11.0. The van der Waals surface area contributed by atoms with Crippen molar-refractivity contribution >= 4 is 18.3 Å². The Hall–Kier alpha value is -1.00. The van der Waals surface area contributed by atoms with Gasteiger partial charge < -0.3 is 15.5 Å². The van der Waals surface area contributed by atoms with Gasteiger partial charge in [-0.1, -0.05) is 0 Å². The number of halogens is 1. The van der Waals surface area contributed by atoms with Crippen LogP contribution in [0.4, 0.5) is 0 Å². The molecule has 1 amide bonds. The fourth-order valence-electron chi connectivity index (χ4n) is 1.97. The van der Waals surface area contributed by atoms with Crippen molar-refractivity contribution in [1.82, 2.24) is 5.32 Å². The predicted molar refractivity (Wildman–Crippen MR) is 68.5 cm³/mol. The average molecular weight is 259 g/mol. The molecule has 0 aliphatic heterocycles. The smallest absolute Gasteiger partial charge is 0.287 e. The van der Waals surface area contributed by atoms with E-state index >= 15 is 0 Å². The molecule has 1 unspecified atom stereocenters. The van der Waals surface area contributed by atoms with Gasteiger partial charge in [-0.3, -0.25) is 4.79 Å². The minimum Gasteiger partial charge on any atom is -0.456 e. The Kier molecular flexibility index (Phi) is 4.60. The largest absolute Gasteiger partial charge is 0.456 e. The van der Waals surface area contributed by atoms with Gasteiger partial charge in [-0.05, 0) is 38.7 Å². The first-order valence-electron chi connectivity index (χ1n) is 5.69. The van der Waals surface area contributed by atoms with E-state index in [1.165, 1.54) is 0 Å². The Morgan fingerprint density at radius 3 is 2.65 bits per heavy atom. The summed E-state index contributed by atoms with van der Waals surface area (Å²) in [5, 5.41) is 2.94. The summed E-state index contributed by atoms with van der Waals surface area (Å²) in [4.78, 5) is 11.9. The molecule has 2 rings (SSSR count). The van der Waals surface area contributed by atoms with Crippen molar-refractivity contribution in [2.45, 2.75) is 32.7 Å². The van der Waals surface area contributed by atoms with E-state index in [2.05, 4.69) is 5.32 Å². The molecule has 1 fully saturated rings. The van der Waals surface area contributed by atoms with Crippen LogP contribution < -0.4 is 11.1 Å². The highest BCUT2D eigenvalue weighted by Gasteiger charge is 2.32. The molecule has 0 radical (unpaired) electrons. The van der Waals surface area contributed by atoms with Crippen LogP contribution in [0.5, 0.6) is 0 Å². The monoisotopic (exact) mass is 258 g/mol. The van der Waals surface area contributed by atoms with Crippen molar-refractivity contribution in [3.63, 3.8) is 0 Å². The number of aryl methyl sites for hydroxylation is 2. The number of hydrogen-bond donors (Lipinski definition) is 2. The van der Waals surface area contributed by atoms with Gasteiger partial charge in [0.25, 0.3) is 5.91 Å². The molecule has 0 spiro atoms. The van der Waals surface area contributed by atoms with Crippen LogP contribution in [-0.2, 0) is 0 Å². The predicted octanol–water partition coefficient (Wildman–Crippen LogP) is 1.79. The zero-order valence-electron chi connectivity index (χ0n) is 10.2. The summed E-state index contributed by atoms with van der Waals surface area (Å²) in [5.41, 5.74) is 6.51. The third-order valence-electron chi connectivity index (χ3n) is 3.01. The topological polar surface area (TPSA) is 68.3 Å². The van der Waals surface area contributed by atoms with E-state index in [1.54, 1.807) is 0 Å². The molecule has 1 aromatic heterocycles. The molecule has 0 bridgehead atoms. The van der Waals surface area contributed by atoms with Gasteiger partial charge >= 0.3 is 0 Å². The lowest BCUT2D eigenvalue weighted by atomic mass is 10.1. The molecule has 1 aliphatic carbocycles. The Morgan fingerprint density at radius 2 is 2.24 bits per heavy atom. The fourth-order valence-corrected chi connectivity index (χ4v) is 1.97. The number of carbonyl (C=O) groups excluding carboxylic acids is 1. The molecule has 1 atom stereocenters. The number of rotatable bonds is 4. The molecule has 4 nitrogen and oxygen atoms in total. The Labute approximate surface area is 107 Å². The van der Waals surface area contributed by atoms with Crippen LogP contribution in [0.1, 0.15) is 34.7 Å². The molecular formula is C12H19ClN2O2. The molecule has 1 aliphatic rings. The van der Waals surface area contributed by atoms with Gasteiger partial charge in [0, 0.05) is 18.2 Å². The minimum absolute atomic E-state index is 0. The van der Waals surface area contributed by atoms with Crippen LogP contribution in [0.3, 0.4) is 0 Å². The lowest BCUT2D eigenvalue weighted by Gasteiger charge is -2.15. The van der Waals surface area contributed by atoms with E-state index in [4.69, 9.17) is 10.2 Å². The third-order valence-corrected chi connectivity index (χ3v) is 3.01. The Morgan fingerprint density at radius 1 is 1.59 bits per heavy atom. The third kappa shape index (κ3) is 3.23. The molecule has 5 heteroatoms. The Balaban J connectivity index is 0.00000144. The molecule has 1 saturated carbocycles. The van der Waals surface area contributed by atoms with Crippen molar-refractivity contribution in [2.75, 3.05) is 6.54 Å². The van der Waals surface area contributed by atoms with Crippen molar-refractivity contribution in [3.05, 3.63) is 23.2 Å². The van der Waals surface area contributed by atoms with Gasteiger partial charge in [-0.2, -0.15) is 0 Å². The van der Waals surface area contributed by atoms with Crippen LogP contribution in [0.25, 0.3) is 0 Å². The van der Waals surface area contributed by atoms with Crippen molar-refractivity contribution in [2.24, 2.45) is 11.7 Å². The van der Waals surface area contributed by atoms with Crippen LogP contribution in [0.2, 0.25) is 0 Å². The molecule has 0 aromatic carbocycles. The highest BCUT2D eigenvalue weighted by atomic mass is 35.5. The van der Waals surface area contributed by atoms with E-state index in [1.807, 2.05) is 19.9 Å². The van der Waals surface area contributed by atoms with Crippen molar-refractivity contribution < 1.29 is 9.21 Å². The quantitative estimate of drug-likeness (QED) is 0.865. The molecule has 17 heavy (non-hydrogen) atoms. The second-order valence-corrected chi connectivity index (χ2v) is 4.52. The average Bonchev–Trinajstić information content (AvgIpc) is 3.01. The van der Waals surface area contributed by atoms with Gasteiger partial charge in [0.2, 0.25) is 0 Å². The van der Waals surface area contributed by atoms with Crippen LogP contribution in [-0.4, -0.2) is 18.5 Å². The molecular weight excluding hydrogens is 240 g/mol. The summed E-state index contributed by atoms with van der Waals surface area (Å²) in [6.45, 7) is 4.21. The first-order valence-corrected chi connectivity index (χ1v) is 5.69. The number of nitrogens with one attached hydrogen (secondary N) is 1. The second kappa shape index (κ2) is 5.56. The Bertz CT molecular complexity index is 399. The maximum Gasteiger partial charge on any atom is 0.287 e. The first kappa shape index (κ1) is 14.1. The van der Waals surface area contributed by atoms with Crippen LogP contribution in [0, 0.1) is 19.8 Å². The van der Waals surface area contributed by atoms with Gasteiger partial charge in [0.15, 0.2) is 5.76 Å². The van der Waals surface area contributed by atoms with E-state index in [-0.39, 0.29) is 24.4 Å². The van der Waals surface area contributed by atoms with Crippen molar-refractivity contribution in [1.29, 1.82) is 0 Å². The van der Waals surface area contributed by atoms with Crippen LogP contribution >= 0.6 is 12.4 Å². The minimum atomic E-state index is -0.145. The summed E-state index contributed by atoms with van der Waals surface area (Å²) in [7, 11) is 0. The van der Waals surface area contributed by atoms with Gasteiger partial charge in [0.05, 0.1) is 0 Å². The standard InChI is InChI=1S/C12H18N2O2.ClH/c1-7-5-8(2)16-11(7)12(15)14-10(6-13)9-3-4-9;/h5,9-10H,3-4,6,13H2,1-2H3,(H,14,15);1H. The van der Waals surface area contributed by atoms with E-state index < -0.39 is 0 Å². The number of carbonyl (C=O) groups is 1. The van der Waals surface area contributed by atoms with E-state index in [0.717, 1.165) is 24.2 Å². The fraction of sp³-hybridized carbons (Fsp3) is 0.583. The summed E-state index contributed by atoms with van der Waals surface area (Å²) in [5.74, 6) is 1.59. The van der Waals surface area contributed by atoms with E-state index in [0.29, 0.717) is 18.2 Å². The molecule has 1 heterocycles. The zero-order chi connectivity index (χ0) is 11.7. The lowest BCUT2D eigenvalue weighted by molar-refractivity contribution is 0.0903. The number of hydrogen-bond acceptors (Lipinski definition) is 3. The van der Waals surface area contributed by atoms with Crippen LogP contribution in [0.15, 0.2) is 10.5 Å². The number of furan rings is 1. The summed E-state index contributed by atoms with van der Waals surface area (Å²) in [6.07, 6.45) is 2.33. The summed E-state index contributed by atoms with van der Waals surface area (Å²) < 4.78 is 5.37. The number of amides is 1. The second-order valence-electron chi connectivity index (χ2n) is 4.52. The molecule has 96 valence electrons.